The summed E-state index contributed by atoms with van der Waals surface area (Å²) in [6.45, 7) is 1.54. The fraction of sp³-hybridized carbons (Fsp3) is 0.294. The van der Waals surface area contributed by atoms with Crippen LogP contribution in [0.4, 0.5) is 5.69 Å². The molecular weight excluding hydrogens is 312 g/mol. The third-order valence-corrected chi connectivity index (χ3v) is 4.80. The van der Waals surface area contributed by atoms with Gasteiger partial charge in [-0.2, -0.15) is 0 Å². The highest BCUT2D eigenvalue weighted by molar-refractivity contribution is 7.89. The maximum Gasteiger partial charge on any atom is 0.238 e. The number of ether oxygens (including phenoxy) is 1. The number of fused-ring (bicyclic) bond motifs is 1. The monoisotopic (exact) mass is 332 g/mol. The average Bonchev–Trinajstić information content (AvgIpc) is 2.99. The van der Waals surface area contributed by atoms with Gasteiger partial charge < -0.3 is 10.1 Å². The van der Waals surface area contributed by atoms with Gasteiger partial charge in [0.15, 0.2) is 0 Å². The number of nitrogens with one attached hydrogen (secondary N) is 1. The topological polar surface area (TPSA) is 81.4 Å². The number of aryl methyl sites for hydroxylation is 1. The van der Waals surface area contributed by atoms with Crippen molar-refractivity contribution < 1.29 is 13.2 Å². The zero-order valence-electron chi connectivity index (χ0n) is 12.8. The molecule has 122 valence electrons. The van der Waals surface area contributed by atoms with Crippen LogP contribution in [0.25, 0.3) is 0 Å². The van der Waals surface area contributed by atoms with E-state index in [1.165, 1.54) is 17.2 Å². The first-order valence-corrected chi connectivity index (χ1v) is 9.18. The van der Waals surface area contributed by atoms with E-state index in [4.69, 9.17) is 9.88 Å². The van der Waals surface area contributed by atoms with Crippen molar-refractivity contribution in [2.45, 2.75) is 24.2 Å². The molecule has 0 amide bonds. The van der Waals surface area contributed by atoms with Crippen LogP contribution in [0.5, 0.6) is 5.75 Å². The van der Waals surface area contributed by atoms with Crippen LogP contribution in [0.3, 0.4) is 0 Å². The molecule has 6 heteroatoms. The van der Waals surface area contributed by atoms with Gasteiger partial charge in [0.25, 0.3) is 0 Å². The van der Waals surface area contributed by atoms with E-state index in [1.807, 2.05) is 12.1 Å². The summed E-state index contributed by atoms with van der Waals surface area (Å²) in [6.07, 6.45) is 2.91. The summed E-state index contributed by atoms with van der Waals surface area (Å²) in [5.74, 6) is 1.01. The van der Waals surface area contributed by atoms with E-state index in [9.17, 15) is 8.42 Å². The lowest BCUT2D eigenvalue weighted by Crippen LogP contribution is -2.12. The van der Waals surface area contributed by atoms with Crippen molar-refractivity contribution in [2.75, 3.05) is 18.5 Å². The molecule has 0 radical (unpaired) electrons. The third kappa shape index (κ3) is 4.03. The second-order valence-electron chi connectivity index (χ2n) is 5.64. The van der Waals surface area contributed by atoms with E-state index in [-0.39, 0.29) is 4.90 Å². The highest BCUT2D eigenvalue weighted by atomic mass is 32.2. The summed E-state index contributed by atoms with van der Waals surface area (Å²) in [5, 5.41) is 8.37. The minimum Gasteiger partial charge on any atom is -0.493 e. The number of hydrogen-bond donors (Lipinski definition) is 2. The second-order valence-corrected chi connectivity index (χ2v) is 7.21. The number of benzene rings is 2. The molecule has 0 aromatic heterocycles. The van der Waals surface area contributed by atoms with Crippen molar-refractivity contribution in [1.29, 1.82) is 0 Å². The van der Waals surface area contributed by atoms with Crippen LogP contribution in [0.2, 0.25) is 0 Å². The fourth-order valence-corrected chi connectivity index (χ4v) is 3.26. The lowest BCUT2D eigenvalue weighted by molar-refractivity contribution is 0.357. The molecule has 0 atom stereocenters. The Hall–Kier alpha value is -2.05. The summed E-state index contributed by atoms with van der Waals surface area (Å²) >= 11 is 0. The van der Waals surface area contributed by atoms with Crippen molar-refractivity contribution in [3.05, 3.63) is 53.6 Å². The normalized spacial score (nSPS) is 13.4. The van der Waals surface area contributed by atoms with E-state index < -0.39 is 10.0 Å². The molecule has 0 unspecified atom stereocenters. The van der Waals surface area contributed by atoms with E-state index in [0.29, 0.717) is 0 Å². The molecule has 3 rings (SSSR count). The first-order chi connectivity index (χ1) is 11.0. The Labute approximate surface area is 136 Å². The van der Waals surface area contributed by atoms with Gasteiger partial charge in [0.05, 0.1) is 11.5 Å². The predicted molar refractivity (Wildman–Crippen MR) is 90.3 cm³/mol. The van der Waals surface area contributed by atoms with Gasteiger partial charge in [-0.15, -0.1) is 0 Å². The molecule has 1 heterocycles. The van der Waals surface area contributed by atoms with Crippen LogP contribution < -0.4 is 15.2 Å². The number of sulfonamides is 1. The number of anilines is 1. The van der Waals surface area contributed by atoms with Crippen LogP contribution >= 0.6 is 0 Å². The van der Waals surface area contributed by atoms with Gasteiger partial charge in [0, 0.05) is 18.7 Å². The van der Waals surface area contributed by atoms with Crippen LogP contribution in [0, 0.1) is 0 Å². The zero-order chi connectivity index (χ0) is 16.3. The average molecular weight is 332 g/mol. The molecule has 2 aromatic carbocycles. The van der Waals surface area contributed by atoms with Gasteiger partial charge in [-0.3, -0.25) is 0 Å². The fourth-order valence-electron chi connectivity index (χ4n) is 2.70. The molecule has 3 N–H and O–H groups in total. The highest BCUT2D eigenvalue weighted by Crippen LogP contribution is 2.26. The summed E-state index contributed by atoms with van der Waals surface area (Å²) in [6, 6.07) is 12.9. The standard InChI is InChI=1S/C17H20N2O3S/c18-23(20,21)16-5-1-4-15(12-16)19-9-2-3-13-6-7-17-14(11-13)8-10-22-17/h1,4-7,11-12,19H,2-3,8-10H2,(H2,18,20,21). The predicted octanol–water partition coefficient (Wildman–Crippen LogP) is 2.31. The van der Waals surface area contributed by atoms with E-state index >= 15 is 0 Å². The Morgan fingerprint density at radius 3 is 2.87 bits per heavy atom. The summed E-state index contributed by atoms with van der Waals surface area (Å²) in [5.41, 5.74) is 3.35. The van der Waals surface area contributed by atoms with E-state index in [1.54, 1.807) is 12.1 Å². The molecule has 0 fully saturated rings. The number of primary sulfonamides is 1. The van der Waals surface area contributed by atoms with Crippen LogP contribution in [0.1, 0.15) is 17.5 Å². The molecule has 0 bridgehead atoms. The summed E-state index contributed by atoms with van der Waals surface area (Å²) in [4.78, 5) is 0.126. The van der Waals surface area contributed by atoms with Gasteiger partial charge in [-0.05, 0) is 48.2 Å². The lowest BCUT2D eigenvalue weighted by atomic mass is 10.0. The molecular formula is C17H20N2O3S. The molecule has 1 aliphatic rings. The maximum absolute atomic E-state index is 11.3. The van der Waals surface area contributed by atoms with Crippen LogP contribution in [-0.4, -0.2) is 21.6 Å². The molecule has 2 aromatic rings. The zero-order valence-corrected chi connectivity index (χ0v) is 13.6. The van der Waals surface area contributed by atoms with Crippen molar-refractivity contribution in [2.24, 2.45) is 5.14 Å². The quantitative estimate of drug-likeness (QED) is 0.796. The van der Waals surface area contributed by atoms with Crippen LogP contribution in [-0.2, 0) is 22.9 Å². The number of hydrogen-bond acceptors (Lipinski definition) is 4. The van der Waals surface area contributed by atoms with Crippen molar-refractivity contribution in [3.8, 4) is 5.75 Å². The highest BCUT2D eigenvalue weighted by Gasteiger charge is 2.11. The van der Waals surface area contributed by atoms with Crippen LogP contribution in [0.15, 0.2) is 47.4 Å². The Balaban J connectivity index is 1.52. The van der Waals surface area contributed by atoms with E-state index in [0.717, 1.165) is 43.9 Å². The molecule has 23 heavy (non-hydrogen) atoms. The Morgan fingerprint density at radius 1 is 1.17 bits per heavy atom. The smallest absolute Gasteiger partial charge is 0.238 e. The molecule has 0 aliphatic carbocycles. The van der Waals surface area contributed by atoms with E-state index in [2.05, 4.69) is 17.4 Å². The van der Waals surface area contributed by atoms with Gasteiger partial charge >= 0.3 is 0 Å². The van der Waals surface area contributed by atoms with Gasteiger partial charge in [0.2, 0.25) is 10.0 Å². The lowest BCUT2D eigenvalue weighted by Gasteiger charge is -2.08. The summed E-state index contributed by atoms with van der Waals surface area (Å²) < 4.78 is 28.2. The minimum atomic E-state index is -3.66. The van der Waals surface area contributed by atoms with Gasteiger partial charge in [-0.25, -0.2) is 13.6 Å². The Bertz CT molecular complexity index is 803. The molecule has 0 saturated heterocycles. The molecule has 5 nitrogen and oxygen atoms in total. The number of rotatable bonds is 6. The Kier molecular flexibility index (Phi) is 4.54. The van der Waals surface area contributed by atoms with Crippen molar-refractivity contribution in [3.63, 3.8) is 0 Å². The van der Waals surface area contributed by atoms with Gasteiger partial charge in [-0.1, -0.05) is 18.2 Å². The number of nitrogens with two attached hydrogens (primary N) is 1. The second kappa shape index (κ2) is 6.60. The largest absolute Gasteiger partial charge is 0.493 e. The minimum absolute atomic E-state index is 0.126. The van der Waals surface area contributed by atoms with Crippen molar-refractivity contribution >= 4 is 15.7 Å². The Morgan fingerprint density at radius 2 is 2.04 bits per heavy atom. The van der Waals surface area contributed by atoms with Crippen molar-refractivity contribution in [1.82, 2.24) is 0 Å². The summed E-state index contributed by atoms with van der Waals surface area (Å²) in [7, 11) is -3.66. The maximum atomic E-state index is 11.3. The molecule has 1 aliphatic heterocycles. The SMILES string of the molecule is NS(=O)(=O)c1cccc(NCCCc2ccc3c(c2)CCO3)c1. The first-order valence-electron chi connectivity index (χ1n) is 7.64. The van der Waals surface area contributed by atoms with Gasteiger partial charge in [0.1, 0.15) is 5.75 Å². The molecule has 0 saturated carbocycles. The first kappa shape index (κ1) is 15.8. The molecule has 0 spiro atoms. The third-order valence-electron chi connectivity index (χ3n) is 3.89.